The number of ketones is 2. The van der Waals surface area contributed by atoms with Crippen molar-refractivity contribution in [3.05, 3.63) is 23.3 Å². The fourth-order valence-electron chi connectivity index (χ4n) is 6.55. The number of hydrogen-bond donors (Lipinski definition) is 0. The van der Waals surface area contributed by atoms with Gasteiger partial charge in [0.1, 0.15) is 5.78 Å². The minimum Gasteiger partial charge on any atom is -0.299 e. The molecule has 0 aromatic carbocycles. The molecule has 126 valence electrons. The quantitative estimate of drug-likeness (QED) is 0.629. The molecule has 5 atom stereocenters. The summed E-state index contributed by atoms with van der Waals surface area (Å²) in [4.78, 5) is 25.1. The van der Waals surface area contributed by atoms with Gasteiger partial charge in [-0.2, -0.15) is 5.26 Å². The highest BCUT2D eigenvalue weighted by molar-refractivity contribution is 5.93. The van der Waals surface area contributed by atoms with E-state index in [0.717, 1.165) is 32.1 Å². The van der Waals surface area contributed by atoms with Gasteiger partial charge in [0.2, 0.25) is 0 Å². The van der Waals surface area contributed by atoms with E-state index in [1.165, 1.54) is 11.1 Å². The molecule has 0 unspecified atom stereocenters. The van der Waals surface area contributed by atoms with Crippen LogP contribution in [0.25, 0.3) is 0 Å². The minimum atomic E-state index is -0.115. The van der Waals surface area contributed by atoms with Crippen molar-refractivity contribution in [2.45, 2.75) is 58.8 Å². The Balaban J connectivity index is 1.76. The number of carbonyl (C=O) groups excluding carboxylic acids is 2. The van der Waals surface area contributed by atoms with Crippen LogP contribution in [0.3, 0.4) is 0 Å². The first kappa shape index (κ1) is 15.8. The molecule has 4 aliphatic rings. The second-order valence-electron chi connectivity index (χ2n) is 8.74. The third-order valence-electron chi connectivity index (χ3n) is 7.74. The zero-order valence-corrected chi connectivity index (χ0v) is 14.6. The van der Waals surface area contributed by atoms with E-state index < -0.39 is 0 Å². The third kappa shape index (κ3) is 1.95. The standard InChI is InChI=1S/C21H25NO2/c1-20-9-7-15(23)11-14(20)3-5-16-17-6-4-13(8-10-22)21(17,2)12-18(24)19(16)20/h8,11,16-17,19H,3-7,9,12H2,1-2H3/b13-8-/t16-,17-,19+,20-,21+/m0/s1. The van der Waals surface area contributed by atoms with E-state index in [9.17, 15) is 9.59 Å². The molecule has 3 fully saturated rings. The molecule has 0 spiro atoms. The van der Waals surface area contributed by atoms with Gasteiger partial charge in [-0.25, -0.2) is 0 Å². The summed E-state index contributed by atoms with van der Waals surface area (Å²) in [5.74, 6) is 1.60. The van der Waals surface area contributed by atoms with Crippen molar-refractivity contribution in [3.8, 4) is 6.07 Å². The summed E-state index contributed by atoms with van der Waals surface area (Å²) >= 11 is 0. The first-order valence-corrected chi connectivity index (χ1v) is 9.26. The highest BCUT2D eigenvalue weighted by Crippen LogP contribution is 2.65. The Hall–Kier alpha value is -1.69. The van der Waals surface area contributed by atoms with Gasteiger partial charge in [0, 0.05) is 24.8 Å². The Morgan fingerprint density at radius 3 is 2.71 bits per heavy atom. The summed E-state index contributed by atoms with van der Waals surface area (Å²) in [6.45, 7) is 4.43. The molecule has 0 aromatic heterocycles. The lowest BCUT2D eigenvalue weighted by Gasteiger charge is -2.56. The van der Waals surface area contributed by atoms with E-state index >= 15 is 0 Å². The molecule has 0 heterocycles. The molecule has 0 bridgehead atoms. The zero-order valence-electron chi connectivity index (χ0n) is 14.6. The fraction of sp³-hybridized carbons (Fsp3) is 0.667. The summed E-state index contributed by atoms with van der Waals surface area (Å²) in [6, 6.07) is 2.19. The molecule has 0 aliphatic heterocycles. The first-order valence-electron chi connectivity index (χ1n) is 9.26. The van der Waals surface area contributed by atoms with Crippen molar-refractivity contribution in [2.24, 2.45) is 28.6 Å². The molecule has 24 heavy (non-hydrogen) atoms. The Morgan fingerprint density at radius 1 is 1.17 bits per heavy atom. The number of allylic oxidation sites excluding steroid dienone is 3. The monoisotopic (exact) mass is 323 g/mol. The molecule has 4 aliphatic carbocycles. The second kappa shape index (κ2) is 5.15. The van der Waals surface area contributed by atoms with Crippen LogP contribution in [-0.2, 0) is 9.59 Å². The van der Waals surface area contributed by atoms with Crippen LogP contribution in [0.1, 0.15) is 58.8 Å². The van der Waals surface area contributed by atoms with E-state index in [1.807, 2.05) is 6.08 Å². The van der Waals surface area contributed by atoms with Crippen molar-refractivity contribution >= 4 is 11.6 Å². The van der Waals surface area contributed by atoms with Crippen LogP contribution in [0.2, 0.25) is 0 Å². The van der Waals surface area contributed by atoms with Gasteiger partial charge < -0.3 is 0 Å². The van der Waals surface area contributed by atoms with E-state index in [4.69, 9.17) is 5.26 Å². The largest absolute Gasteiger partial charge is 0.299 e. The number of nitriles is 1. The molecular formula is C21H25NO2. The first-order chi connectivity index (χ1) is 11.4. The van der Waals surface area contributed by atoms with Gasteiger partial charge in [-0.1, -0.05) is 25.0 Å². The van der Waals surface area contributed by atoms with Crippen molar-refractivity contribution in [2.75, 3.05) is 0 Å². The van der Waals surface area contributed by atoms with Crippen LogP contribution in [-0.4, -0.2) is 11.6 Å². The highest BCUT2D eigenvalue weighted by atomic mass is 16.1. The van der Waals surface area contributed by atoms with Gasteiger partial charge in [0.25, 0.3) is 0 Å². The van der Waals surface area contributed by atoms with Gasteiger partial charge >= 0.3 is 0 Å². The summed E-state index contributed by atoms with van der Waals surface area (Å²) in [5, 5.41) is 9.10. The zero-order chi connectivity index (χ0) is 17.1. The van der Waals surface area contributed by atoms with Gasteiger partial charge in [-0.15, -0.1) is 0 Å². The lowest BCUT2D eigenvalue weighted by molar-refractivity contribution is -0.142. The Labute approximate surface area is 143 Å². The van der Waals surface area contributed by atoms with E-state index in [1.54, 1.807) is 6.08 Å². The minimum absolute atomic E-state index is 0.0742. The number of carbonyl (C=O) groups is 2. The lowest BCUT2D eigenvalue weighted by atomic mass is 9.47. The molecule has 0 aromatic rings. The summed E-state index contributed by atoms with van der Waals surface area (Å²) < 4.78 is 0. The van der Waals surface area contributed by atoms with E-state index in [-0.39, 0.29) is 22.5 Å². The molecular weight excluding hydrogens is 298 g/mol. The predicted molar refractivity (Wildman–Crippen MR) is 90.8 cm³/mol. The molecule has 0 saturated heterocycles. The van der Waals surface area contributed by atoms with Crippen LogP contribution >= 0.6 is 0 Å². The Kier molecular flexibility index (Phi) is 3.39. The smallest absolute Gasteiger partial charge is 0.155 e. The SMILES string of the molecule is C[C@]12CCC(=O)C=C1CC[C@@H]1[C@@H]2C(=O)C[C@]2(C)/C(=C\C#N)CC[C@@H]12. The average Bonchev–Trinajstić information content (AvgIpc) is 2.84. The maximum absolute atomic E-state index is 13.2. The predicted octanol–water partition coefficient (Wildman–Crippen LogP) is 4.15. The molecule has 3 saturated carbocycles. The normalized spacial score (nSPS) is 46.0. The fourth-order valence-corrected chi connectivity index (χ4v) is 6.55. The molecule has 0 N–H and O–H groups in total. The molecule has 0 radical (unpaired) electrons. The number of rotatable bonds is 0. The molecule has 0 amide bonds. The topological polar surface area (TPSA) is 57.9 Å². The second-order valence-corrected chi connectivity index (χ2v) is 8.74. The summed E-state index contributed by atoms with van der Waals surface area (Å²) in [6.07, 6.45) is 9.57. The van der Waals surface area contributed by atoms with Crippen molar-refractivity contribution in [3.63, 3.8) is 0 Å². The number of hydrogen-bond acceptors (Lipinski definition) is 3. The van der Waals surface area contributed by atoms with E-state index in [0.29, 0.717) is 30.5 Å². The molecule has 3 heteroatoms. The van der Waals surface area contributed by atoms with Crippen LogP contribution < -0.4 is 0 Å². The van der Waals surface area contributed by atoms with Crippen LogP contribution in [0, 0.1) is 39.9 Å². The van der Waals surface area contributed by atoms with Crippen LogP contribution in [0.4, 0.5) is 0 Å². The number of Topliss-reactive ketones (excluding diaryl/α,β-unsaturated/α-hetero) is 1. The maximum Gasteiger partial charge on any atom is 0.155 e. The van der Waals surface area contributed by atoms with Gasteiger partial charge in [-0.05, 0) is 60.8 Å². The van der Waals surface area contributed by atoms with Gasteiger partial charge in [0.15, 0.2) is 5.78 Å². The van der Waals surface area contributed by atoms with Crippen LogP contribution in [0.5, 0.6) is 0 Å². The Bertz CT molecular complexity index is 725. The van der Waals surface area contributed by atoms with E-state index in [2.05, 4.69) is 19.9 Å². The number of fused-ring (bicyclic) bond motifs is 5. The maximum atomic E-state index is 13.2. The van der Waals surface area contributed by atoms with Crippen molar-refractivity contribution in [1.82, 2.24) is 0 Å². The lowest BCUT2D eigenvalue weighted by Crippen LogP contribution is -2.54. The van der Waals surface area contributed by atoms with Crippen molar-refractivity contribution in [1.29, 1.82) is 5.26 Å². The highest BCUT2D eigenvalue weighted by Gasteiger charge is 2.60. The van der Waals surface area contributed by atoms with Crippen molar-refractivity contribution < 1.29 is 9.59 Å². The number of nitrogens with zero attached hydrogens (tertiary/aromatic N) is 1. The average molecular weight is 323 g/mol. The van der Waals surface area contributed by atoms with Gasteiger partial charge in [-0.3, -0.25) is 9.59 Å². The summed E-state index contributed by atoms with van der Waals surface area (Å²) in [7, 11) is 0. The van der Waals surface area contributed by atoms with Crippen LogP contribution in [0.15, 0.2) is 23.3 Å². The third-order valence-corrected chi connectivity index (χ3v) is 7.74. The molecule has 4 rings (SSSR count). The molecule has 3 nitrogen and oxygen atoms in total. The Morgan fingerprint density at radius 2 is 1.96 bits per heavy atom. The van der Waals surface area contributed by atoms with Gasteiger partial charge in [0.05, 0.1) is 6.07 Å². The summed E-state index contributed by atoms with van der Waals surface area (Å²) in [5.41, 5.74) is 2.18.